The second kappa shape index (κ2) is 6.22. The predicted molar refractivity (Wildman–Crippen MR) is 92.0 cm³/mol. The molecule has 7 heteroatoms. The van der Waals surface area contributed by atoms with Crippen LogP contribution in [0.25, 0.3) is 5.65 Å². The topological polar surface area (TPSA) is 83.8 Å². The molecule has 0 atom stereocenters. The minimum atomic E-state index is 0.346. The van der Waals surface area contributed by atoms with Gasteiger partial charge in [-0.15, -0.1) is 10.2 Å². The van der Waals surface area contributed by atoms with Gasteiger partial charge >= 0.3 is 0 Å². The lowest BCUT2D eigenvalue weighted by atomic mass is 10.1. The lowest BCUT2D eigenvalue weighted by Gasteiger charge is -2.11. The summed E-state index contributed by atoms with van der Waals surface area (Å²) < 4.78 is 1.74. The first-order valence-corrected chi connectivity index (χ1v) is 8.72. The number of aryl methyl sites for hydroxylation is 1. The van der Waals surface area contributed by atoms with Crippen molar-refractivity contribution >= 4 is 11.3 Å². The largest absolute Gasteiger partial charge is 0.376 e. The number of aromatic nitrogens is 6. The van der Waals surface area contributed by atoms with Gasteiger partial charge < -0.3 is 5.32 Å². The van der Waals surface area contributed by atoms with Crippen LogP contribution in [-0.4, -0.2) is 30.0 Å². The van der Waals surface area contributed by atoms with E-state index in [-0.39, 0.29) is 0 Å². The molecule has 0 amide bonds. The van der Waals surface area contributed by atoms with Crippen LogP contribution >= 0.6 is 0 Å². The molecule has 3 aromatic rings. The molecule has 0 saturated carbocycles. The number of anilines is 1. The highest BCUT2D eigenvalue weighted by Crippen LogP contribution is 2.24. The minimum absolute atomic E-state index is 0.346. The fourth-order valence-corrected chi connectivity index (χ4v) is 3.31. The average molecular weight is 325 g/mol. The zero-order valence-corrected chi connectivity index (χ0v) is 14.2. The zero-order chi connectivity index (χ0) is 16.5. The van der Waals surface area contributed by atoms with Crippen LogP contribution in [-0.2, 0) is 19.4 Å². The van der Waals surface area contributed by atoms with Gasteiger partial charge in [0.25, 0.3) is 0 Å². The van der Waals surface area contributed by atoms with E-state index in [1.807, 2.05) is 0 Å². The number of H-pyrrole nitrogens is 1. The number of nitrogens with one attached hydrogen (secondary N) is 2. The number of fused-ring (bicyclic) bond motifs is 2. The van der Waals surface area contributed by atoms with Gasteiger partial charge in [0.1, 0.15) is 6.33 Å². The van der Waals surface area contributed by atoms with Crippen molar-refractivity contribution in [2.24, 2.45) is 0 Å². The summed E-state index contributed by atoms with van der Waals surface area (Å²) >= 11 is 0. The third-order valence-electron chi connectivity index (χ3n) is 4.72. The van der Waals surface area contributed by atoms with Crippen molar-refractivity contribution in [1.29, 1.82) is 0 Å². The SMILES string of the molecule is CC(C)c1cc(NCc2n[nH]c3c2CCCCC3)c2nncn2n1. The monoisotopic (exact) mass is 325 g/mol. The Bertz CT molecular complexity index is 846. The first kappa shape index (κ1) is 15.1. The third kappa shape index (κ3) is 2.74. The molecule has 1 aliphatic rings. The number of aromatic amines is 1. The Morgan fingerprint density at radius 3 is 3.00 bits per heavy atom. The zero-order valence-electron chi connectivity index (χ0n) is 14.2. The van der Waals surface area contributed by atoms with Crippen molar-refractivity contribution < 1.29 is 0 Å². The van der Waals surface area contributed by atoms with E-state index in [1.54, 1.807) is 10.8 Å². The van der Waals surface area contributed by atoms with Crippen molar-refractivity contribution in [3.05, 3.63) is 35.0 Å². The Hall–Kier alpha value is -2.44. The Morgan fingerprint density at radius 2 is 2.12 bits per heavy atom. The smallest absolute Gasteiger partial charge is 0.200 e. The fraction of sp³-hybridized carbons (Fsp3) is 0.529. The molecule has 3 heterocycles. The van der Waals surface area contributed by atoms with E-state index in [9.17, 15) is 0 Å². The van der Waals surface area contributed by atoms with Crippen LogP contribution in [0.3, 0.4) is 0 Å². The second-order valence-electron chi connectivity index (χ2n) is 6.78. The fourth-order valence-electron chi connectivity index (χ4n) is 3.31. The van der Waals surface area contributed by atoms with E-state index in [0.717, 1.165) is 35.6 Å². The molecule has 0 radical (unpaired) electrons. The van der Waals surface area contributed by atoms with Gasteiger partial charge in [-0.3, -0.25) is 5.10 Å². The molecule has 7 nitrogen and oxygen atoms in total. The summed E-state index contributed by atoms with van der Waals surface area (Å²) in [6, 6.07) is 2.07. The molecule has 0 fully saturated rings. The van der Waals surface area contributed by atoms with E-state index < -0.39 is 0 Å². The maximum Gasteiger partial charge on any atom is 0.200 e. The second-order valence-corrected chi connectivity index (χ2v) is 6.78. The maximum absolute atomic E-state index is 4.55. The van der Waals surface area contributed by atoms with Gasteiger partial charge in [0.15, 0.2) is 0 Å². The van der Waals surface area contributed by atoms with Crippen LogP contribution in [0.4, 0.5) is 5.69 Å². The molecule has 0 aromatic carbocycles. The van der Waals surface area contributed by atoms with Gasteiger partial charge in [-0.1, -0.05) is 20.3 Å². The van der Waals surface area contributed by atoms with E-state index >= 15 is 0 Å². The molecule has 0 saturated heterocycles. The molecule has 0 aliphatic heterocycles. The van der Waals surface area contributed by atoms with Crippen LogP contribution in [0.1, 0.15) is 61.7 Å². The van der Waals surface area contributed by atoms with Crippen molar-refractivity contribution in [3.63, 3.8) is 0 Å². The van der Waals surface area contributed by atoms with Crippen LogP contribution < -0.4 is 5.32 Å². The molecule has 24 heavy (non-hydrogen) atoms. The van der Waals surface area contributed by atoms with Crippen LogP contribution in [0.2, 0.25) is 0 Å². The normalized spacial score (nSPS) is 14.8. The molecule has 4 rings (SSSR count). The summed E-state index contributed by atoms with van der Waals surface area (Å²) in [6.45, 7) is 4.96. The first-order chi connectivity index (χ1) is 11.7. The number of hydrogen-bond acceptors (Lipinski definition) is 5. The molecule has 0 unspecified atom stereocenters. The van der Waals surface area contributed by atoms with Gasteiger partial charge in [-0.25, -0.2) is 0 Å². The molecule has 126 valence electrons. The molecule has 1 aliphatic carbocycles. The highest BCUT2D eigenvalue weighted by atomic mass is 15.3. The minimum Gasteiger partial charge on any atom is -0.376 e. The highest BCUT2D eigenvalue weighted by Gasteiger charge is 2.16. The average Bonchev–Trinajstić information content (AvgIpc) is 3.13. The lowest BCUT2D eigenvalue weighted by Crippen LogP contribution is -2.08. The Kier molecular flexibility index (Phi) is 3.92. The predicted octanol–water partition coefficient (Wildman–Crippen LogP) is 2.85. The standard InChI is InChI=1S/C17H23N7/c1-11(2)14-8-15(17-22-19-10-24(17)23-14)18-9-16-12-6-4-3-5-7-13(12)20-21-16/h8,10-11,18H,3-7,9H2,1-2H3,(H,20,21). The van der Waals surface area contributed by atoms with Gasteiger partial charge in [0.2, 0.25) is 5.65 Å². The Labute approximate surface area is 140 Å². The van der Waals surface area contributed by atoms with E-state index in [1.165, 1.54) is 30.5 Å². The van der Waals surface area contributed by atoms with E-state index in [2.05, 4.69) is 50.7 Å². The highest BCUT2D eigenvalue weighted by molar-refractivity contribution is 5.66. The van der Waals surface area contributed by atoms with Gasteiger partial charge in [-0.05, 0) is 43.2 Å². The van der Waals surface area contributed by atoms with E-state index in [4.69, 9.17) is 0 Å². The summed E-state index contributed by atoms with van der Waals surface area (Å²) in [5.74, 6) is 0.346. The van der Waals surface area contributed by atoms with Gasteiger partial charge in [-0.2, -0.15) is 14.7 Å². The molecular weight excluding hydrogens is 302 g/mol. The van der Waals surface area contributed by atoms with Crippen LogP contribution in [0, 0.1) is 0 Å². The molecule has 0 spiro atoms. The van der Waals surface area contributed by atoms with Gasteiger partial charge in [0.05, 0.1) is 23.6 Å². The molecule has 3 aromatic heterocycles. The lowest BCUT2D eigenvalue weighted by molar-refractivity contribution is 0.699. The molecule has 0 bridgehead atoms. The van der Waals surface area contributed by atoms with Crippen molar-refractivity contribution in [2.45, 2.75) is 58.4 Å². The maximum atomic E-state index is 4.55. The van der Waals surface area contributed by atoms with Crippen molar-refractivity contribution in [3.8, 4) is 0 Å². The van der Waals surface area contributed by atoms with Crippen molar-refractivity contribution in [2.75, 3.05) is 5.32 Å². The summed E-state index contributed by atoms with van der Waals surface area (Å²) in [4.78, 5) is 0. The summed E-state index contributed by atoms with van der Waals surface area (Å²) in [6.07, 6.45) is 7.69. The van der Waals surface area contributed by atoms with Crippen LogP contribution in [0.15, 0.2) is 12.4 Å². The third-order valence-corrected chi connectivity index (χ3v) is 4.72. The Balaban J connectivity index is 1.61. The quantitative estimate of drug-likeness (QED) is 0.721. The first-order valence-electron chi connectivity index (χ1n) is 8.72. The van der Waals surface area contributed by atoms with Gasteiger partial charge in [0, 0.05) is 5.69 Å². The summed E-state index contributed by atoms with van der Waals surface area (Å²) in [5.41, 5.74) is 6.56. The summed E-state index contributed by atoms with van der Waals surface area (Å²) in [7, 11) is 0. The van der Waals surface area contributed by atoms with Crippen molar-refractivity contribution in [1.82, 2.24) is 30.0 Å². The number of rotatable bonds is 4. The molecule has 2 N–H and O–H groups in total. The number of nitrogens with zero attached hydrogens (tertiary/aromatic N) is 5. The van der Waals surface area contributed by atoms with Crippen LogP contribution in [0.5, 0.6) is 0 Å². The Morgan fingerprint density at radius 1 is 1.25 bits per heavy atom. The number of hydrogen-bond donors (Lipinski definition) is 2. The van der Waals surface area contributed by atoms with E-state index in [0.29, 0.717) is 12.5 Å². The molecular formula is C17H23N7. The summed E-state index contributed by atoms with van der Waals surface area (Å²) in [5, 5.41) is 24.0.